The second-order valence-electron chi connectivity index (χ2n) is 4.78. The van der Waals surface area contributed by atoms with Crippen molar-refractivity contribution in [3.8, 4) is 5.75 Å². The first kappa shape index (κ1) is 14.3. The van der Waals surface area contributed by atoms with Gasteiger partial charge in [0.2, 0.25) is 0 Å². The Morgan fingerprint density at radius 1 is 1.20 bits per heavy atom. The number of benzene rings is 1. The molecule has 1 heterocycles. The summed E-state index contributed by atoms with van der Waals surface area (Å²) in [6, 6.07) is 10.2. The number of likely N-dealkylation sites (N-methyl/N-ethyl adjacent to an activating group) is 1. The number of anilines is 1. The zero-order valence-corrected chi connectivity index (χ0v) is 12.0. The molecule has 0 aliphatic rings. The zero-order valence-electron chi connectivity index (χ0n) is 12.0. The van der Waals surface area contributed by atoms with Crippen LogP contribution in [0.2, 0.25) is 0 Å². The average molecular weight is 271 g/mol. The zero-order chi connectivity index (χ0) is 14.4. The molecule has 1 atom stereocenters. The van der Waals surface area contributed by atoms with Gasteiger partial charge in [0.25, 0.3) is 0 Å². The van der Waals surface area contributed by atoms with Crippen molar-refractivity contribution in [2.45, 2.75) is 18.9 Å². The van der Waals surface area contributed by atoms with Gasteiger partial charge in [0.1, 0.15) is 5.75 Å². The fraction of sp³-hybridized carbons (Fsp3) is 0.312. The molecule has 1 aromatic heterocycles. The number of pyridine rings is 1. The molecule has 0 aliphatic carbocycles. The molecule has 0 spiro atoms. The summed E-state index contributed by atoms with van der Waals surface area (Å²) in [4.78, 5) is 4.14. The van der Waals surface area contributed by atoms with Crippen molar-refractivity contribution in [1.29, 1.82) is 0 Å². The minimum atomic E-state index is 0.290. The lowest BCUT2D eigenvalue weighted by molar-refractivity contribution is 0.406. The molecule has 0 aliphatic heterocycles. The molecule has 3 N–H and O–H groups in total. The highest BCUT2D eigenvalue weighted by molar-refractivity contribution is 5.45. The standard InChI is InChI=1S/C16H21N3O/c1-18-14(10-13-11-19-8-7-15(13)17)9-12-5-3-4-6-16(12)20-2/h3-8,11,14,18H,9-10H2,1-2H3,(H2,17,19). The van der Waals surface area contributed by atoms with Gasteiger partial charge in [-0.15, -0.1) is 0 Å². The van der Waals surface area contributed by atoms with E-state index in [0.29, 0.717) is 0 Å². The van der Waals surface area contributed by atoms with Crippen LogP contribution in [-0.2, 0) is 12.8 Å². The van der Waals surface area contributed by atoms with E-state index in [-0.39, 0.29) is 6.04 Å². The van der Waals surface area contributed by atoms with Crippen LogP contribution in [0.1, 0.15) is 11.1 Å². The predicted octanol–water partition coefficient (Wildman–Crippen LogP) is 2.05. The third kappa shape index (κ3) is 3.48. The van der Waals surface area contributed by atoms with E-state index in [1.165, 1.54) is 5.56 Å². The largest absolute Gasteiger partial charge is 0.496 e. The van der Waals surface area contributed by atoms with E-state index in [1.54, 1.807) is 13.3 Å². The Bertz CT molecular complexity index is 557. The Labute approximate surface area is 120 Å². The van der Waals surface area contributed by atoms with Crippen LogP contribution in [0.15, 0.2) is 42.7 Å². The van der Waals surface area contributed by atoms with Gasteiger partial charge < -0.3 is 15.8 Å². The monoisotopic (exact) mass is 271 g/mol. The van der Waals surface area contributed by atoms with Crippen LogP contribution in [-0.4, -0.2) is 25.2 Å². The maximum absolute atomic E-state index is 5.98. The lowest BCUT2D eigenvalue weighted by Gasteiger charge is -2.18. The predicted molar refractivity (Wildman–Crippen MR) is 81.9 cm³/mol. The Morgan fingerprint density at radius 3 is 2.65 bits per heavy atom. The second-order valence-corrected chi connectivity index (χ2v) is 4.78. The maximum Gasteiger partial charge on any atom is 0.122 e. The van der Waals surface area contributed by atoms with Crippen molar-refractivity contribution in [2.24, 2.45) is 0 Å². The average Bonchev–Trinajstić information content (AvgIpc) is 2.49. The van der Waals surface area contributed by atoms with Gasteiger partial charge in [-0.2, -0.15) is 0 Å². The highest BCUT2D eigenvalue weighted by Gasteiger charge is 2.13. The first-order valence-corrected chi connectivity index (χ1v) is 6.72. The van der Waals surface area contributed by atoms with Crippen LogP contribution in [0.25, 0.3) is 0 Å². The van der Waals surface area contributed by atoms with Gasteiger partial charge in [-0.1, -0.05) is 18.2 Å². The van der Waals surface area contributed by atoms with Crippen LogP contribution in [0, 0.1) is 0 Å². The number of hydrogen-bond donors (Lipinski definition) is 2. The summed E-state index contributed by atoms with van der Waals surface area (Å²) in [6.45, 7) is 0. The van der Waals surface area contributed by atoms with E-state index in [9.17, 15) is 0 Å². The lowest BCUT2D eigenvalue weighted by atomic mass is 9.98. The van der Waals surface area contributed by atoms with Gasteiger partial charge in [0.15, 0.2) is 0 Å². The van der Waals surface area contributed by atoms with Gasteiger partial charge in [0.05, 0.1) is 7.11 Å². The number of nitrogens with zero attached hydrogens (tertiary/aromatic N) is 1. The molecule has 0 saturated heterocycles. The van der Waals surface area contributed by atoms with E-state index < -0.39 is 0 Å². The number of rotatable bonds is 6. The maximum atomic E-state index is 5.98. The number of ether oxygens (including phenoxy) is 1. The van der Waals surface area contributed by atoms with Crippen LogP contribution in [0.5, 0.6) is 5.75 Å². The summed E-state index contributed by atoms with van der Waals surface area (Å²) in [6.07, 6.45) is 5.28. The first-order chi connectivity index (χ1) is 9.74. The summed E-state index contributed by atoms with van der Waals surface area (Å²) < 4.78 is 5.40. The molecular formula is C16H21N3O. The van der Waals surface area contributed by atoms with Crippen molar-refractivity contribution < 1.29 is 4.74 Å². The number of para-hydroxylation sites is 1. The van der Waals surface area contributed by atoms with Gasteiger partial charge in [-0.25, -0.2) is 0 Å². The molecule has 0 amide bonds. The minimum Gasteiger partial charge on any atom is -0.496 e. The molecule has 4 nitrogen and oxygen atoms in total. The Hall–Kier alpha value is -2.07. The Kier molecular flexibility index (Phi) is 4.96. The van der Waals surface area contributed by atoms with Gasteiger partial charge in [0, 0.05) is 24.1 Å². The van der Waals surface area contributed by atoms with E-state index in [2.05, 4.69) is 16.4 Å². The van der Waals surface area contributed by atoms with E-state index in [0.717, 1.165) is 29.8 Å². The number of nitrogens with one attached hydrogen (secondary N) is 1. The molecule has 0 bridgehead atoms. The highest BCUT2D eigenvalue weighted by atomic mass is 16.5. The van der Waals surface area contributed by atoms with Gasteiger partial charge in [-0.05, 0) is 43.1 Å². The molecule has 106 valence electrons. The fourth-order valence-corrected chi connectivity index (χ4v) is 2.29. The molecule has 4 heteroatoms. The second kappa shape index (κ2) is 6.91. The van der Waals surface area contributed by atoms with Crippen LogP contribution >= 0.6 is 0 Å². The molecule has 1 aromatic carbocycles. The number of aromatic nitrogens is 1. The highest BCUT2D eigenvalue weighted by Crippen LogP contribution is 2.21. The summed E-state index contributed by atoms with van der Waals surface area (Å²) in [5, 5.41) is 3.34. The SMILES string of the molecule is CNC(Cc1cnccc1N)Cc1ccccc1OC. The quantitative estimate of drug-likeness (QED) is 0.844. The van der Waals surface area contributed by atoms with Crippen molar-refractivity contribution in [1.82, 2.24) is 10.3 Å². The molecular weight excluding hydrogens is 250 g/mol. The number of nitrogen functional groups attached to an aromatic ring is 1. The number of methoxy groups -OCH3 is 1. The molecule has 2 aromatic rings. The third-order valence-corrected chi connectivity index (χ3v) is 3.47. The topological polar surface area (TPSA) is 60.2 Å². The van der Waals surface area contributed by atoms with Crippen molar-refractivity contribution in [2.75, 3.05) is 19.9 Å². The molecule has 0 radical (unpaired) electrons. The summed E-state index contributed by atoms with van der Waals surface area (Å²) in [5.41, 5.74) is 9.04. The van der Waals surface area contributed by atoms with Crippen molar-refractivity contribution in [3.63, 3.8) is 0 Å². The Morgan fingerprint density at radius 2 is 1.95 bits per heavy atom. The molecule has 0 fully saturated rings. The minimum absolute atomic E-state index is 0.290. The van der Waals surface area contributed by atoms with E-state index in [1.807, 2.05) is 37.5 Å². The van der Waals surface area contributed by atoms with Crippen LogP contribution in [0.4, 0.5) is 5.69 Å². The lowest BCUT2D eigenvalue weighted by Crippen LogP contribution is -2.30. The van der Waals surface area contributed by atoms with Gasteiger partial charge >= 0.3 is 0 Å². The van der Waals surface area contributed by atoms with Crippen molar-refractivity contribution in [3.05, 3.63) is 53.9 Å². The summed E-state index contributed by atoms with van der Waals surface area (Å²) >= 11 is 0. The normalized spacial score (nSPS) is 12.1. The molecule has 20 heavy (non-hydrogen) atoms. The van der Waals surface area contributed by atoms with E-state index >= 15 is 0 Å². The van der Waals surface area contributed by atoms with E-state index in [4.69, 9.17) is 10.5 Å². The Balaban J connectivity index is 2.11. The van der Waals surface area contributed by atoms with Crippen molar-refractivity contribution >= 4 is 5.69 Å². The number of hydrogen-bond acceptors (Lipinski definition) is 4. The van der Waals surface area contributed by atoms with Crippen LogP contribution in [0.3, 0.4) is 0 Å². The molecule has 0 saturated carbocycles. The molecule has 1 unspecified atom stereocenters. The number of nitrogens with two attached hydrogens (primary N) is 1. The first-order valence-electron chi connectivity index (χ1n) is 6.72. The fourth-order valence-electron chi connectivity index (χ4n) is 2.29. The molecule has 2 rings (SSSR count). The van der Waals surface area contributed by atoms with Gasteiger partial charge in [-0.3, -0.25) is 4.98 Å². The summed E-state index contributed by atoms with van der Waals surface area (Å²) in [7, 11) is 3.67. The van der Waals surface area contributed by atoms with Crippen LogP contribution < -0.4 is 15.8 Å². The summed E-state index contributed by atoms with van der Waals surface area (Å²) in [5.74, 6) is 0.923. The smallest absolute Gasteiger partial charge is 0.122 e. The third-order valence-electron chi connectivity index (χ3n) is 3.47.